The topological polar surface area (TPSA) is 71.5 Å². The second-order valence-corrected chi connectivity index (χ2v) is 4.29. The molecule has 0 spiro atoms. The summed E-state index contributed by atoms with van der Waals surface area (Å²) >= 11 is 0. The Balaban J connectivity index is 1.90. The minimum absolute atomic E-state index is 0.134. The van der Waals surface area contributed by atoms with Crippen molar-refractivity contribution in [1.29, 1.82) is 0 Å². The number of rotatable bonds is 4. The fourth-order valence-corrected chi connectivity index (χ4v) is 1.89. The number of hydrogen-bond acceptors (Lipinski definition) is 5. The van der Waals surface area contributed by atoms with E-state index in [1.807, 2.05) is 6.07 Å². The van der Waals surface area contributed by atoms with Gasteiger partial charge in [-0.3, -0.25) is 0 Å². The molecular weight excluding hydrogens is 220 g/mol. The van der Waals surface area contributed by atoms with E-state index >= 15 is 0 Å². The number of carbonyl (C=O) groups is 1. The van der Waals surface area contributed by atoms with Gasteiger partial charge in [-0.2, -0.15) is 0 Å². The van der Waals surface area contributed by atoms with Crippen molar-refractivity contribution in [2.24, 2.45) is 5.92 Å². The van der Waals surface area contributed by atoms with Gasteiger partial charge in [-0.15, -0.1) is 0 Å². The first-order valence-corrected chi connectivity index (χ1v) is 5.65. The molecule has 1 aliphatic carbocycles. The lowest BCUT2D eigenvalue weighted by molar-refractivity contribution is 0.0487. The first kappa shape index (κ1) is 11.9. The lowest BCUT2D eigenvalue weighted by atomic mass is 9.82. The highest BCUT2D eigenvalue weighted by Gasteiger charge is 2.26. The molecule has 5 heteroatoms. The zero-order chi connectivity index (χ0) is 12.3. The van der Waals surface area contributed by atoms with Crippen LogP contribution in [-0.2, 0) is 4.74 Å². The third-order valence-electron chi connectivity index (χ3n) is 2.96. The predicted molar refractivity (Wildman–Crippen MR) is 62.8 cm³/mol. The fourth-order valence-electron chi connectivity index (χ4n) is 1.89. The Morgan fingerprint density at radius 1 is 1.65 bits per heavy atom. The maximum atomic E-state index is 11.3. The van der Waals surface area contributed by atoms with Gasteiger partial charge >= 0.3 is 5.97 Å². The number of pyridine rings is 1. The van der Waals surface area contributed by atoms with Crippen LogP contribution in [0.4, 0.5) is 5.69 Å². The molecule has 1 fully saturated rings. The monoisotopic (exact) mass is 236 g/mol. The Kier molecular flexibility index (Phi) is 3.58. The van der Waals surface area contributed by atoms with Crippen LogP contribution in [0.1, 0.15) is 23.3 Å². The van der Waals surface area contributed by atoms with Crippen LogP contribution in [0.2, 0.25) is 0 Å². The van der Waals surface area contributed by atoms with Gasteiger partial charge in [0.05, 0.1) is 13.2 Å². The minimum atomic E-state index is -0.437. The largest absolute Gasteiger partial charge is 0.464 e. The SMILES string of the molecule is COC(=O)c1cc(NCC2CC(O)C2)ccn1. The van der Waals surface area contributed by atoms with Crippen LogP contribution in [0.15, 0.2) is 18.3 Å². The number of nitrogens with zero attached hydrogens (tertiary/aromatic N) is 1. The molecule has 0 amide bonds. The first-order valence-electron chi connectivity index (χ1n) is 5.65. The summed E-state index contributed by atoms with van der Waals surface area (Å²) in [7, 11) is 1.33. The molecule has 0 bridgehead atoms. The second-order valence-electron chi connectivity index (χ2n) is 4.29. The molecule has 17 heavy (non-hydrogen) atoms. The predicted octanol–water partition coefficient (Wildman–Crippen LogP) is 1.05. The second kappa shape index (κ2) is 5.14. The molecule has 2 rings (SSSR count). The number of nitrogens with one attached hydrogen (secondary N) is 1. The summed E-state index contributed by atoms with van der Waals surface area (Å²) in [6, 6.07) is 3.47. The zero-order valence-electron chi connectivity index (χ0n) is 9.72. The van der Waals surface area contributed by atoms with Gasteiger partial charge in [0, 0.05) is 18.4 Å². The molecule has 2 N–H and O–H groups in total. The summed E-state index contributed by atoms with van der Waals surface area (Å²) in [6.07, 6.45) is 3.14. The summed E-state index contributed by atoms with van der Waals surface area (Å²) < 4.78 is 4.60. The number of methoxy groups -OCH3 is 1. The van der Waals surface area contributed by atoms with Crippen molar-refractivity contribution in [1.82, 2.24) is 4.98 Å². The van der Waals surface area contributed by atoms with Crippen LogP contribution in [0.25, 0.3) is 0 Å². The summed E-state index contributed by atoms with van der Waals surface area (Å²) in [5.74, 6) is 0.0764. The summed E-state index contributed by atoms with van der Waals surface area (Å²) in [6.45, 7) is 0.807. The standard InChI is InChI=1S/C12H16N2O3/c1-17-12(16)11-6-9(2-3-13-11)14-7-8-4-10(15)5-8/h2-3,6,8,10,15H,4-5,7H2,1H3,(H,13,14). The first-order chi connectivity index (χ1) is 8.19. The van der Waals surface area contributed by atoms with Crippen LogP contribution in [0.5, 0.6) is 0 Å². The molecule has 0 aromatic carbocycles. The zero-order valence-corrected chi connectivity index (χ0v) is 9.72. The summed E-state index contributed by atoms with van der Waals surface area (Å²) in [5.41, 5.74) is 1.15. The van der Waals surface area contributed by atoms with Crippen LogP contribution < -0.4 is 5.32 Å². The Bertz CT molecular complexity index is 402. The number of anilines is 1. The van der Waals surface area contributed by atoms with Gasteiger partial charge in [-0.1, -0.05) is 0 Å². The van der Waals surface area contributed by atoms with Crippen LogP contribution in [-0.4, -0.2) is 35.8 Å². The van der Waals surface area contributed by atoms with E-state index in [0.717, 1.165) is 25.1 Å². The van der Waals surface area contributed by atoms with Crippen molar-refractivity contribution in [3.63, 3.8) is 0 Å². The van der Waals surface area contributed by atoms with Crippen molar-refractivity contribution in [2.75, 3.05) is 19.0 Å². The average Bonchev–Trinajstić information content (AvgIpc) is 2.32. The molecule has 1 aliphatic rings. The number of aromatic nitrogens is 1. The Hall–Kier alpha value is -1.62. The third-order valence-corrected chi connectivity index (χ3v) is 2.96. The molecule has 1 heterocycles. The molecule has 92 valence electrons. The van der Waals surface area contributed by atoms with Crippen molar-refractivity contribution < 1.29 is 14.6 Å². The number of aliphatic hydroxyl groups is 1. The van der Waals surface area contributed by atoms with Crippen molar-refractivity contribution in [2.45, 2.75) is 18.9 Å². The smallest absolute Gasteiger partial charge is 0.356 e. The molecule has 1 saturated carbocycles. The van der Waals surface area contributed by atoms with Crippen LogP contribution >= 0.6 is 0 Å². The van der Waals surface area contributed by atoms with Gasteiger partial charge in [0.15, 0.2) is 0 Å². The number of carbonyl (C=O) groups excluding carboxylic acids is 1. The molecule has 0 unspecified atom stereocenters. The van der Waals surface area contributed by atoms with Gasteiger partial charge in [-0.05, 0) is 30.9 Å². The van der Waals surface area contributed by atoms with E-state index in [4.69, 9.17) is 5.11 Å². The van der Waals surface area contributed by atoms with Gasteiger partial charge < -0.3 is 15.2 Å². The van der Waals surface area contributed by atoms with Gasteiger partial charge in [-0.25, -0.2) is 9.78 Å². The Morgan fingerprint density at radius 2 is 2.41 bits per heavy atom. The fraction of sp³-hybridized carbons (Fsp3) is 0.500. The van der Waals surface area contributed by atoms with Crippen molar-refractivity contribution in [3.05, 3.63) is 24.0 Å². The molecule has 5 nitrogen and oxygen atoms in total. The van der Waals surface area contributed by atoms with E-state index in [2.05, 4.69) is 15.0 Å². The Labute approximate surface area is 99.8 Å². The normalized spacial score (nSPS) is 22.7. The minimum Gasteiger partial charge on any atom is -0.464 e. The van der Waals surface area contributed by atoms with Crippen molar-refractivity contribution in [3.8, 4) is 0 Å². The van der Waals surface area contributed by atoms with Gasteiger partial charge in [0.2, 0.25) is 0 Å². The van der Waals surface area contributed by atoms with Gasteiger partial charge in [0.1, 0.15) is 5.69 Å². The highest BCUT2D eigenvalue weighted by Crippen LogP contribution is 2.27. The van der Waals surface area contributed by atoms with E-state index in [9.17, 15) is 4.79 Å². The molecular formula is C12H16N2O3. The lowest BCUT2D eigenvalue weighted by Gasteiger charge is -2.31. The van der Waals surface area contributed by atoms with E-state index in [-0.39, 0.29) is 6.10 Å². The molecule has 0 radical (unpaired) electrons. The number of aliphatic hydroxyl groups excluding tert-OH is 1. The van der Waals surface area contributed by atoms with Gasteiger partial charge in [0.25, 0.3) is 0 Å². The van der Waals surface area contributed by atoms with Crippen LogP contribution in [0, 0.1) is 5.92 Å². The van der Waals surface area contributed by atoms with E-state index in [0.29, 0.717) is 11.6 Å². The third kappa shape index (κ3) is 2.94. The highest BCUT2D eigenvalue weighted by molar-refractivity contribution is 5.88. The quantitative estimate of drug-likeness (QED) is 0.765. The average molecular weight is 236 g/mol. The van der Waals surface area contributed by atoms with E-state index in [1.165, 1.54) is 7.11 Å². The molecule has 1 aromatic rings. The van der Waals surface area contributed by atoms with E-state index in [1.54, 1.807) is 12.3 Å². The molecule has 1 aromatic heterocycles. The maximum absolute atomic E-state index is 11.3. The molecule has 0 atom stereocenters. The molecule has 0 saturated heterocycles. The number of hydrogen-bond donors (Lipinski definition) is 2. The van der Waals surface area contributed by atoms with Crippen LogP contribution in [0.3, 0.4) is 0 Å². The summed E-state index contributed by atoms with van der Waals surface area (Å²) in [5, 5.41) is 12.4. The van der Waals surface area contributed by atoms with Crippen molar-refractivity contribution >= 4 is 11.7 Å². The maximum Gasteiger partial charge on any atom is 0.356 e. The van der Waals surface area contributed by atoms with E-state index < -0.39 is 5.97 Å². The lowest BCUT2D eigenvalue weighted by Crippen LogP contribution is -2.33. The number of esters is 1. The molecule has 0 aliphatic heterocycles. The highest BCUT2D eigenvalue weighted by atomic mass is 16.5. The number of ether oxygens (including phenoxy) is 1. The summed E-state index contributed by atoms with van der Waals surface area (Å²) in [4.78, 5) is 15.2. The Morgan fingerprint density at radius 3 is 3.06 bits per heavy atom.